The van der Waals surface area contributed by atoms with Gasteiger partial charge in [-0.2, -0.15) is 0 Å². The Bertz CT molecular complexity index is 3090. The zero-order valence-electron chi connectivity index (χ0n) is 26.3. The molecule has 11 aromatic rings. The van der Waals surface area contributed by atoms with E-state index in [1.54, 1.807) is 0 Å². The molecule has 0 amide bonds. The summed E-state index contributed by atoms with van der Waals surface area (Å²) in [6.07, 6.45) is 0. The molecular weight excluding hydrogens is 599 g/mol. The first-order chi connectivity index (χ1) is 24.3. The molecular formula is C45H27N3O. The lowest BCUT2D eigenvalue weighted by atomic mass is 9.99. The molecule has 4 heterocycles. The first-order valence-corrected chi connectivity index (χ1v) is 16.6. The Morgan fingerprint density at radius 2 is 0.939 bits per heavy atom. The van der Waals surface area contributed by atoms with Gasteiger partial charge in [-0.25, -0.2) is 4.98 Å². The fraction of sp³-hybridized carbons (Fsp3) is 0. The van der Waals surface area contributed by atoms with Gasteiger partial charge >= 0.3 is 0 Å². The summed E-state index contributed by atoms with van der Waals surface area (Å²) in [6, 6.07) is 58.3. The van der Waals surface area contributed by atoms with Crippen LogP contribution in [0.1, 0.15) is 0 Å². The molecule has 0 bridgehead atoms. The van der Waals surface area contributed by atoms with Crippen LogP contribution in [0.15, 0.2) is 168 Å². The largest absolute Gasteiger partial charge is 0.454 e. The Labute approximate surface area is 280 Å². The molecule has 0 saturated heterocycles. The number of hydrogen-bond donors (Lipinski definition) is 0. The van der Waals surface area contributed by atoms with Crippen molar-refractivity contribution < 1.29 is 4.42 Å². The quantitative estimate of drug-likeness (QED) is 0.196. The fourth-order valence-electron chi connectivity index (χ4n) is 8.02. The summed E-state index contributed by atoms with van der Waals surface area (Å²) in [7, 11) is 0. The molecule has 0 N–H and O–H groups in total. The lowest BCUT2D eigenvalue weighted by Crippen LogP contribution is -1.98. The summed E-state index contributed by atoms with van der Waals surface area (Å²) in [5.74, 6) is 0. The maximum Gasteiger partial charge on any atom is 0.162 e. The second kappa shape index (κ2) is 9.93. The second-order valence-electron chi connectivity index (χ2n) is 12.7. The third kappa shape index (κ3) is 3.66. The highest BCUT2D eigenvalue weighted by Crippen LogP contribution is 2.43. The van der Waals surface area contributed by atoms with Crippen LogP contribution in [0.25, 0.3) is 99.1 Å². The average Bonchev–Trinajstić information content (AvgIpc) is 3.82. The SMILES string of the molecule is c1ccc(-n2c3ccccc3c3ccc4c5ccccc5n(-c5ccc(-c6c7ccccc7nc7c6oc6ccccc67)cc5)c4c32)cc1. The normalized spacial score (nSPS) is 12.1. The van der Waals surface area contributed by atoms with Crippen LogP contribution < -0.4 is 0 Å². The van der Waals surface area contributed by atoms with Crippen LogP contribution in [-0.2, 0) is 0 Å². The Kier molecular flexibility index (Phi) is 5.35. The van der Waals surface area contributed by atoms with E-state index in [-0.39, 0.29) is 0 Å². The summed E-state index contributed by atoms with van der Waals surface area (Å²) in [5.41, 5.74) is 12.7. The van der Waals surface area contributed by atoms with Gasteiger partial charge in [-0.1, -0.05) is 109 Å². The topological polar surface area (TPSA) is 35.9 Å². The van der Waals surface area contributed by atoms with Gasteiger partial charge in [0, 0.05) is 49.3 Å². The van der Waals surface area contributed by atoms with Crippen molar-refractivity contribution in [1.82, 2.24) is 14.1 Å². The van der Waals surface area contributed by atoms with E-state index in [2.05, 4.69) is 149 Å². The van der Waals surface area contributed by atoms with Gasteiger partial charge in [0.25, 0.3) is 0 Å². The first kappa shape index (κ1) is 26.4. The molecule has 0 aliphatic carbocycles. The zero-order valence-corrected chi connectivity index (χ0v) is 26.3. The molecule has 228 valence electrons. The molecule has 0 aliphatic heterocycles. The highest BCUT2D eigenvalue weighted by molar-refractivity contribution is 6.24. The third-order valence-corrected chi connectivity index (χ3v) is 10.1. The fourth-order valence-corrected chi connectivity index (χ4v) is 8.02. The molecule has 0 unspecified atom stereocenters. The van der Waals surface area contributed by atoms with E-state index in [1.165, 1.54) is 43.6 Å². The van der Waals surface area contributed by atoms with Gasteiger partial charge in [0.15, 0.2) is 5.58 Å². The Morgan fingerprint density at radius 1 is 0.408 bits per heavy atom. The second-order valence-corrected chi connectivity index (χ2v) is 12.7. The highest BCUT2D eigenvalue weighted by Gasteiger charge is 2.22. The number of para-hydroxylation sites is 5. The van der Waals surface area contributed by atoms with Crippen molar-refractivity contribution in [2.75, 3.05) is 0 Å². The van der Waals surface area contributed by atoms with Crippen molar-refractivity contribution in [1.29, 1.82) is 0 Å². The molecule has 7 aromatic carbocycles. The molecule has 0 radical (unpaired) electrons. The van der Waals surface area contributed by atoms with Crippen molar-refractivity contribution in [2.24, 2.45) is 0 Å². The van der Waals surface area contributed by atoms with Gasteiger partial charge in [-0.05, 0) is 60.2 Å². The number of hydrogen-bond acceptors (Lipinski definition) is 2. The monoisotopic (exact) mass is 625 g/mol. The van der Waals surface area contributed by atoms with Crippen LogP contribution >= 0.6 is 0 Å². The van der Waals surface area contributed by atoms with E-state index in [1.807, 2.05) is 24.3 Å². The number of rotatable bonds is 3. The van der Waals surface area contributed by atoms with E-state index in [0.29, 0.717) is 0 Å². The number of aromatic nitrogens is 3. The van der Waals surface area contributed by atoms with Gasteiger partial charge < -0.3 is 13.6 Å². The van der Waals surface area contributed by atoms with Crippen molar-refractivity contribution in [3.63, 3.8) is 0 Å². The van der Waals surface area contributed by atoms with Crippen LogP contribution in [0, 0.1) is 0 Å². The van der Waals surface area contributed by atoms with Gasteiger partial charge in [0.1, 0.15) is 11.1 Å². The highest BCUT2D eigenvalue weighted by atomic mass is 16.3. The van der Waals surface area contributed by atoms with E-state index < -0.39 is 0 Å². The molecule has 0 saturated carbocycles. The summed E-state index contributed by atoms with van der Waals surface area (Å²) in [6.45, 7) is 0. The van der Waals surface area contributed by atoms with Crippen LogP contribution in [0.2, 0.25) is 0 Å². The van der Waals surface area contributed by atoms with Gasteiger partial charge in [0.05, 0.1) is 27.6 Å². The van der Waals surface area contributed by atoms with E-state index in [0.717, 1.165) is 55.5 Å². The van der Waals surface area contributed by atoms with Crippen molar-refractivity contribution in [3.05, 3.63) is 164 Å². The Hall–Kier alpha value is -6.65. The van der Waals surface area contributed by atoms with Crippen LogP contribution in [0.5, 0.6) is 0 Å². The summed E-state index contributed by atoms with van der Waals surface area (Å²) in [5, 5.41) is 7.06. The number of fused-ring (bicyclic) bond motifs is 11. The maximum absolute atomic E-state index is 6.53. The van der Waals surface area contributed by atoms with Gasteiger partial charge in [0.2, 0.25) is 0 Å². The summed E-state index contributed by atoms with van der Waals surface area (Å²) >= 11 is 0. The minimum absolute atomic E-state index is 0.818. The van der Waals surface area contributed by atoms with Gasteiger partial charge in [-0.15, -0.1) is 0 Å². The van der Waals surface area contributed by atoms with E-state index in [4.69, 9.17) is 9.40 Å². The predicted octanol–water partition coefficient (Wildman–Crippen LogP) is 12.0. The molecule has 0 atom stereocenters. The lowest BCUT2D eigenvalue weighted by Gasteiger charge is -2.13. The van der Waals surface area contributed by atoms with Crippen molar-refractivity contribution in [2.45, 2.75) is 0 Å². The smallest absolute Gasteiger partial charge is 0.162 e. The van der Waals surface area contributed by atoms with Crippen LogP contribution in [0.4, 0.5) is 0 Å². The summed E-state index contributed by atoms with van der Waals surface area (Å²) in [4.78, 5) is 5.06. The molecule has 11 rings (SSSR count). The number of furan rings is 1. The third-order valence-electron chi connectivity index (χ3n) is 10.1. The van der Waals surface area contributed by atoms with Crippen molar-refractivity contribution >= 4 is 76.6 Å². The first-order valence-electron chi connectivity index (χ1n) is 16.6. The average molecular weight is 626 g/mol. The minimum Gasteiger partial charge on any atom is -0.454 e. The van der Waals surface area contributed by atoms with Crippen molar-refractivity contribution in [3.8, 4) is 22.5 Å². The zero-order chi connectivity index (χ0) is 32.1. The summed E-state index contributed by atoms with van der Waals surface area (Å²) < 4.78 is 11.4. The number of pyridine rings is 1. The molecule has 0 fully saturated rings. The molecule has 4 nitrogen and oxygen atoms in total. The number of nitrogens with zero attached hydrogens (tertiary/aromatic N) is 3. The predicted molar refractivity (Wildman–Crippen MR) is 203 cm³/mol. The van der Waals surface area contributed by atoms with E-state index >= 15 is 0 Å². The number of benzene rings is 7. The molecule has 0 aliphatic rings. The van der Waals surface area contributed by atoms with Crippen LogP contribution in [-0.4, -0.2) is 14.1 Å². The lowest BCUT2D eigenvalue weighted by molar-refractivity contribution is 0.670. The molecule has 4 heteroatoms. The molecule has 0 spiro atoms. The molecule has 4 aromatic heterocycles. The standard InChI is InChI=1S/C45H27N3O/c1-2-12-29(13-3-1)47-38-19-9-5-14-31(38)33-26-27-34-32-15-6-10-20-39(32)48(44(34)43(33)47)30-24-22-28(23-25-30)41-35-16-4-8-18-37(35)46-42-36-17-7-11-21-40(36)49-45(41)42/h1-27H. The maximum atomic E-state index is 6.53. The van der Waals surface area contributed by atoms with Gasteiger partial charge in [-0.3, -0.25) is 0 Å². The van der Waals surface area contributed by atoms with Crippen LogP contribution in [0.3, 0.4) is 0 Å². The minimum atomic E-state index is 0.818. The van der Waals surface area contributed by atoms with E-state index in [9.17, 15) is 0 Å². The Balaban J connectivity index is 1.22. The molecule has 49 heavy (non-hydrogen) atoms. The Morgan fingerprint density at radius 3 is 1.61 bits per heavy atom.